The number of hydrogen-bond donors (Lipinski definition) is 0. The van der Waals surface area contributed by atoms with Crippen molar-refractivity contribution in [3.8, 4) is 0 Å². The van der Waals surface area contributed by atoms with E-state index in [9.17, 15) is 9.18 Å². The molecule has 0 bridgehead atoms. The number of carbonyl (C=O) groups is 1. The Balaban J connectivity index is 1.25. The Bertz CT molecular complexity index is 1130. The van der Waals surface area contributed by atoms with Gasteiger partial charge in [-0.05, 0) is 111 Å². The minimum absolute atomic E-state index is 0.00185. The minimum atomic E-state index is -0.307. The van der Waals surface area contributed by atoms with Crippen LogP contribution in [0.25, 0.3) is 0 Å². The van der Waals surface area contributed by atoms with Gasteiger partial charge in [0.1, 0.15) is 5.82 Å². The van der Waals surface area contributed by atoms with Crippen molar-refractivity contribution in [2.24, 2.45) is 0 Å². The van der Waals surface area contributed by atoms with E-state index < -0.39 is 0 Å². The van der Waals surface area contributed by atoms with Gasteiger partial charge in [0.05, 0.1) is 0 Å². The third-order valence-electron chi connectivity index (χ3n) is 8.16. The van der Waals surface area contributed by atoms with Crippen LogP contribution >= 0.6 is 0 Å². The van der Waals surface area contributed by atoms with E-state index in [2.05, 4.69) is 54.2 Å². The summed E-state index contributed by atoms with van der Waals surface area (Å²) >= 11 is 0. The molecule has 0 radical (unpaired) electrons. The molecule has 2 aromatic rings. The third-order valence-corrected chi connectivity index (χ3v) is 8.16. The summed E-state index contributed by atoms with van der Waals surface area (Å²) in [5, 5.41) is 0. The fraction of sp³-hybridized carbons (Fsp3) is 0.452. The summed E-state index contributed by atoms with van der Waals surface area (Å²) in [4.78, 5) is 20.1. The summed E-state index contributed by atoms with van der Waals surface area (Å²) in [5.41, 5.74) is 7.29. The Morgan fingerprint density at radius 1 is 0.972 bits per heavy atom. The number of anilines is 1. The first-order valence-corrected chi connectivity index (χ1v) is 13.5. The second kappa shape index (κ2) is 11.0. The molecule has 5 rings (SSSR count). The van der Waals surface area contributed by atoms with Crippen molar-refractivity contribution in [1.29, 1.82) is 0 Å². The molecule has 0 spiro atoms. The van der Waals surface area contributed by atoms with Crippen LogP contribution < -0.4 is 4.90 Å². The van der Waals surface area contributed by atoms with Gasteiger partial charge >= 0.3 is 0 Å². The number of fused-ring (bicyclic) bond motifs is 1. The van der Waals surface area contributed by atoms with Crippen LogP contribution in [-0.4, -0.2) is 56.0 Å². The second-order valence-corrected chi connectivity index (χ2v) is 10.6. The van der Waals surface area contributed by atoms with Crippen LogP contribution in [0.15, 0.2) is 71.5 Å². The van der Waals surface area contributed by atoms with Gasteiger partial charge in [0.25, 0.3) is 5.91 Å². The van der Waals surface area contributed by atoms with E-state index in [-0.39, 0.29) is 11.7 Å². The number of allylic oxidation sites excluding steroid dienone is 2. The van der Waals surface area contributed by atoms with Crippen LogP contribution in [0.2, 0.25) is 0 Å². The number of piperidine rings is 1. The lowest BCUT2D eigenvalue weighted by Gasteiger charge is -2.37. The monoisotopic (exact) mass is 487 g/mol. The minimum Gasteiger partial charge on any atom is -0.378 e. The highest BCUT2D eigenvalue weighted by molar-refractivity contribution is 5.95. The van der Waals surface area contributed by atoms with Gasteiger partial charge in [-0.1, -0.05) is 18.2 Å². The first-order chi connectivity index (χ1) is 17.5. The van der Waals surface area contributed by atoms with Crippen LogP contribution in [0.1, 0.15) is 66.8 Å². The first kappa shape index (κ1) is 24.8. The molecule has 1 saturated heterocycles. The van der Waals surface area contributed by atoms with Crippen molar-refractivity contribution in [1.82, 2.24) is 9.80 Å². The van der Waals surface area contributed by atoms with E-state index >= 15 is 0 Å². The molecule has 0 N–H and O–H groups in total. The van der Waals surface area contributed by atoms with Crippen molar-refractivity contribution >= 4 is 11.6 Å². The molecule has 190 valence electrons. The molecule has 1 amide bonds. The Kier molecular flexibility index (Phi) is 7.56. The zero-order chi connectivity index (χ0) is 25.1. The Labute approximate surface area is 215 Å². The Morgan fingerprint density at radius 3 is 2.39 bits per heavy atom. The number of nitrogens with zero attached hydrogens (tertiary/aromatic N) is 3. The molecule has 2 heterocycles. The number of halogens is 1. The van der Waals surface area contributed by atoms with Crippen LogP contribution in [0.3, 0.4) is 0 Å². The predicted molar refractivity (Wildman–Crippen MR) is 145 cm³/mol. The van der Waals surface area contributed by atoms with Crippen LogP contribution in [-0.2, 0) is 0 Å². The SMILES string of the molecule is CN(C)c1ccc(C2CCN(CCC3=C4CCCC=C4CCN3C(=O)c3ccc(F)cc3)CC2)cc1. The summed E-state index contributed by atoms with van der Waals surface area (Å²) in [7, 11) is 4.16. The molecule has 0 atom stereocenters. The molecule has 36 heavy (non-hydrogen) atoms. The van der Waals surface area contributed by atoms with Gasteiger partial charge in [0.2, 0.25) is 0 Å². The summed E-state index contributed by atoms with van der Waals surface area (Å²) in [6.45, 7) is 3.88. The van der Waals surface area contributed by atoms with Gasteiger partial charge in [-0.2, -0.15) is 0 Å². The maximum absolute atomic E-state index is 13.5. The summed E-state index contributed by atoms with van der Waals surface area (Å²) in [6.07, 6.45) is 9.89. The van der Waals surface area contributed by atoms with E-state index in [0.717, 1.165) is 51.7 Å². The van der Waals surface area contributed by atoms with Gasteiger partial charge in [-0.15, -0.1) is 0 Å². The van der Waals surface area contributed by atoms with Crippen molar-refractivity contribution < 1.29 is 9.18 Å². The maximum atomic E-state index is 13.5. The van der Waals surface area contributed by atoms with Crippen molar-refractivity contribution in [3.63, 3.8) is 0 Å². The molecule has 4 nitrogen and oxygen atoms in total. The molecular weight excluding hydrogens is 449 g/mol. The summed E-state index contributed by atoms with van der Waals surface area (Å²) in [5.74, 6) is 0.318. The highest BCUT2D eigenvalue weighted by atomic mass is 19.1. The highest BCUT2D eigenvalue weighted by Gasteiger charge is 2.30. The normalized spacial score (nSPS) is 19.2. The number of rotatable bonds is 6. The molecular formula is C31H38FN3O. The van der Waals surface area contributed by atoms with Gasteiger partial charge < -0.3 is 14.7 Å². The lowest BCUT2D eigenvalue weighted by atomic mass is 9.85. The molecule has 0 unspecified atom stereocenters. The summed E-state index contributed by atoms with van der Waals surface area (Å²) < 4.78 is 13.5. The third kappa shape index (κ3) is 5.41. The lowest BCUT2D eigenvalue weighted by Crippen LogP contribution is -2.39. The Hall–Kier alpha value is -2.92. The average Bonchev–Trinajstić information content (AvgIpc) is 2.92. The molecule has 5 heteroatoms. The van der Waals surface area contributed by atoms with Crippen molar-refractivity contribution in [2.75, 3.05) is 45.2 Å². The molecule has 1 aliphatic carbocycles. The van der Waals surface area contributed by atoms with Gasteiger partial charge in [-0.25, -0.2) is 4.39 Å². The van der Waals surface area contributed by atoms with E-state index in [4.69, 9.17) is 0 Å². The smallest absolute Gasteiger partial charge is 0.258 e. The van der Waals surface area contributed by atoms with Crippen LogP contribution in [0.4, 0.5) is 10.1 Å². The van der Waals surface area contributed by atoms with Crippen LogP contribution in [0, 0.1) is 5.82 Å². The number of likely N-dealkylation sites (tertiary alicyclic amines) is 1. The number of amides is 1. The zero-order valence-corrected chi connectivity index (χ0v) is 21.7. The molecule has 2 aliphatic heterocycles. The first-order valence-electron chi connectivity index (χ1n) is 13.5. The van der Waals surface area contributed by atoms with Gasteiger partial charge in [0.15, 0.2) is 0 Å². The fourth-order valence-electron chi connectivity index (χ4n) is 6.01. The van der Waals surface area contributed by atoms with Crippen molar-refractivity contribution in [3.05, 3.63) is 88.4 Å². The Morgan fingerprint density at radius 2 is 1.69 bits per heavy atom. The zero-order valence-electron chi connectivity index (χ0n) is 21.7. The summed E-state index contributed by atoms with van der Waals surface area (Å²) in [6, 6.07) is 15.0. The number of benzene rings is 2. The standard InChI is InChI=1S/C31H38FN3O/c1-33(2)28-13-9-23(10-14-28)24-15-19-34(20-16-24)21-18-30-29-6-4-3-5-25(29)17-22-35(30)31(36)26-7-11-27(32)12-8-26/h5,7-14,24H,3-4,6,15-22H2,1-2H3. The highest BCUT2D eigenvalue weighted by Crippen LogP contribution is 2.37. The molecule has 1 fully saturated rings. The molecule has 0 aromatic heterocycles. The fourth-order valence-corrected chi connectivity index (χ4v) is 6.01. The lowest BCUT2D eigenvalue weighted by molar-refractivity contribution is 0.0789. The molecule has 2 aromatic carbocycles. The van der Waals surface area contributed by atoms with Gasteiger partial charge in [-0.3, -0.25) is 4.79 Å². The largest absolute Gasteiger partial charge is 0.378 e. The molecule has 0 saturated carbocycles. The quantitative estimate of drug-likeness (QED) is 0.474. The van der Waals surface area contributed by atoms with E-state index in [0.29, 0.717) is 18.0 Å². The van der Waals surface area contributed by atoms with Gasteiger partial charge in [0, 0.05) is 50.6 Å². The van der Waals surface area contributed by atoms with Crippen LogP contribution in [0.5, 0.6) is 0 Å². The second-order valence-electron chi connectivity index (χ2n) is 10.6. The number of hydrogen-bond acceptors (Lipinski definition) is 3. The number of carbonyl (C=O) groups excluding carboxylic acids is 1. The molecule has 3 aliphatic rings. The topological polar surface area (TPSA) is 26.8 Å². The average molecular weight is 488 g/mol. The van der Waals surface area contributed by atoms with E-state index in [1.54, 1.807) is 12.1 Å². The van der Waals surface area contributed by atoms with Crippen molar-refractivity contribution in [2.45, 2.75) is 50.9 Å². The predicted octanol–water partition coefficient (Wildman–Crippen LogP) is 6.37. The van der Waals surface area contributed by atoms with E-state index in [1.807, 2.05) is 4.90 Å². The maximum Gasteiger partial charge on any atom is 0.258 e. The van der Waals surface area contributed by atoms with E-state index in [1.165, 1.54) is 53.1 Å².